The highest BCUT2D eigenvalue weighted by Crippen LogP contribution is 2.43. The molecule has 1 aromatic heterocycles. The van der Waals surface area contributed by atoms with E-state index in [0.717, 1.165) is 31.3 Å². The fraction of sp³-hybridized carbons (Fsp3) is 0.750. The zero-order valence-electron chi connectivity index (χ0n) is 11.8. The van der Waals surface area contributed by atoms with Crippen LogP contribution in [0, 0.1) is 5.92 Å². The lowest BCUT2D eigenvalue weighted by atomic mass is 10.00. The van der Waals surface area contributed by atoms with Crippen LogP contribution in [0.5, 0.6) is 0 Å². The number of hydrogen-bond donors (Lipinski definition) is 1. The Morgan fingerprint density at radius 3 is 2.63 bits per heavy atom. The Kier molecular flexibility index (Phi) is 2.83. The fourth-order valence-corrected chi connectivity index (χ4v) is 3.71. The number of nitrogens with zero attached hydrogens (tertiary/aromatic N) is 2. The van der Waals surface area contributed by atoms with Crippen molar-refractivity contribution in [2.24, 2.45) is 5.92 Å². The Morgan fingerprint density at radius 1 is 1.05 bits per heavy atom. The second kappa shape index (κ2) is 4.55. The summed E-state index contributed by atoms with van der Waals surface area (Å²) in [7, 11) is 0. The minimum Gasteiger partial charge on any atom is -0.312 e. The maximum atomic E-state index is 5.01. The SMILES string of the molecule is CC1CCC(c2nc3c(c(C4CC4)n2)CNCC3)C1. The van der Waals surface area contributed by atoms with Crippen molar-refractivity contribution in [2.75, 3.05) is 6.54 Å². The van der Waals surface area contributed by atoms with Crippen LogP contribution < -0.4 is 5.32 Å². The zero-order chi connectivity index (χ0) is 12.8. The van der Waals surface area contributed by atoms with Crippen LogP contribution >= 0.6 is 0 Å². The van der Waals surface area contributed by atoms with E-state index in [-0.39, 0.29) is 0 Å². The number of fused-ring (bicyclic) bond motifs is 1. The van der Waals surface area contributed by atoms with E-state index in [2.05, 4.69) is 12.2 Å². The largest absolute Gasteiger partial charge is 0.312 e. The van der Waals surface area contributed by atoms with Crippen molar-refractivity contribution in [3.05, 3.63) is 22.8 Å². The first-order valence-corrected chi connectivity index (χ1v) is 7.91. The van der Waals surface area contributed by atoms with Crippen LogP contribution in [0.1, 0.15) is 73.6 Å². The molecular formula is C16H23N3. The third kappa shape index (κ3) is 2.18. The van der Waals surface area contributed by atoms with E-state index in [1.807, 2.05) is 0 Å². The fourth-order valence-electron chi connectivity index (χ4n) is 3.71. The molecule has 19 heavy (non-hydrogen) atoms. The first-order valence-electron chi connectivity index (χ1n) is 7.91. The summed E-state index contributed by atoms with van der Waals surface area (Å²) in [6, 6.07) is 0. The number of nitrogens with one attached hydrogen (secondary N) is 1. The van der Waals surface area contributed by atoms with E-state index in [9.17, 15) is 0 Å². The Labute approximate surface area is 115 Å². The highest BCUT2D eigenvalue weighted by atomic mass is 15.0. The van der Waals surface area contributed by atoms with Gasteiger partial charge in [0.25, 0.3) is 0 Å². The monoisotopic (exact) mass is 257 g/mol. The maximum Gasteiger partial charge on any atom is 0.131 e. The van der Waals surface area contributed by atoms with Crippen LogP contribution in [0.4, 0.5) is 0 Å². The van der Waals surface area contributed by atoms with Crippen molar-refractivity contribution in [2.45, 2.75) is 63.8 Å². The summed E-state index contributed by atoms with van der Waals surface area (Å²) in [6.07, 6.45) is 7.70. The molecule has 1 aliphatic heterocycles. The predicted octanol–water partition coefficient (Wildman–Crippen LogP) is 2.90. The molecule has 0 spiro atoms. The maximum absolute atomic E-state index is 5.01. The Morgan fingerprint density at radius 2 is 1.89 bits per heavy atom. The summed E-state index contributed by atoms with van der Waals surface area (Å²) in [6.45, 7) is 4.43. The first kappa shape index (κ1) is 11.8. The molecule has 2 fully saturated rings. The third-order valence-corrected chi connectivity index (χ3v) is 5.01. The second-order valence-electron chi connectivity index (χ2n) is 6.71. The van der Waals surface area contributed by atoms with E-state index in [4.69, 9.17) is 9.97 Å². The molecule has 0 radical (unpaired) electrons. The molecule has 0 amide bonds. The molecule has 102 valence electrons. The Hall–Kier alpha value is -0.960. The van der Waals surface area contributed by atoms with Crippen LogP contribution in [-0.2, 0) is 13.0 Å². The van der Waals surface area contributed by atoms with Crippen LogP contribution in [-0.4, -0.2) is 16.5 Å². The molecule has 0 saturated heterocycles. The molecule has 3 nitrogen and oxygen atoms in total. The van der Waals surface area contributed by atoms with E-state index in [1.165, 1.54) is 54.9 Å². The molecule has 2 aliphatic carbocycles. The van der Waals surface area contributed by atoms with Crippen molar-refractivity contribution in [1.29, 1.82) is 0 Å². The lowest BCUT2D eigenvalue weighted by molar-refractivity contribution is 0.567. The summed E-state index contributed by atoms with van der Waals surface area (Å²) in [5.74, 6) is 3.41. The zero-order valence-corrected chi connectivity index (χ0v) is 11.8. The van der Waals surface area contributed by atoms with E-state index < -0.39 is 0 Å². The molecule has 2 unspecified atom stereocenters. The van der Waals surface area contributed by atoms with Crippen molar-refractivity contribution in [3.8, 4) is 0 Å². The molecule has 3 aliphatic rings. The van der Waals surface area contributed by atoms with Crippen LogP contribution in [0.2, 0.25) is 0 Å². The number of rotatable bonds is 2. The predicted molar refractivity (Wildman–Crippen MR) is 75.2 cm³/mol. The van der Waals surface area contributed by atoms with Gasteiger partial charge >= 0.3 is 0 Å². The van der Waals surface area contributed by atoms with Gasteiger partial charge in [0.05, 0.1) is 11.4 Å². The highest BCUT2D eigenvalue weighted by Gasteiger charge is 2.33. The van der Waals surface area contributed by atoms with Gasteiger partial charge in [-0.05, 0) is 38.0 Å². The third-order valence-electron chi connectivity index (χ3n) is 5.01. The van der Waals surface area contributed by atoms with Gasteiger partial charge in [0, 0.05) is 36.9 Å². The lowest BCUT2D eigenvalue weighted by Crippen LogP contribution is -2.27. The second-order valence-corrected chi connectivity index (χ2v) is 6.71. The smallest absolute Gasteiger partial charge is 0.131 e. The topological polar surface area (TPSA) is 37.8 Å². The van der Waals surface area contributed by atoms with Gasteiger partial charge in [-0.15, -0.1) is 0 Å². The molecule has 2 heterocycles. The number of aromatic nitrogens is 2. The van der Waals surface area contributed by atoms with Crippen molar-refractivity contribution in [3.63, 3.8) is 0 Å². The van der Waals surface area contributed by atoms with Crippen LogP contribution in [0.15, 0.2) is 0 Å². The van der Waals surface area contributed by atoms with Gasteiger partial charge in [0.2, 0.25) is 0 Å². The molecule has 2 atom stereocenters. The van der Waals surface area contributed by atoms with Crippen molar-refractivity contribution < 1.29 is 0 Å². The van der Waals surface area contributed by atoms with Gasteiger partial charge in [0.15, 0.2) is 0 Å². The Bertz CT molecular complexity index is 493. The molecule has 1 N–H and O–H groups in total. The van der Waals surface area contributed by atoms with Gasteiger partial charge in [0.1, 0.15) is 5.82 Å². The summed E-state index contributed by atoms with van der Waals surface area (Å²) >= 11 is 0. The van der Waals surface area contributed by atoms with Gasteiger partial charge in [-0.2, -0.15) is 0 Å². The summed E-state index contributed by atoms with van der Waals surface area (Å²) < 4.78 is 0. The average Bonchev–Trinajstić information content (AvgIpc) is 3.19. The van der Waals surface area contributed by atoms with Gasteiger partial charge in [-0.25, -0.2) is 9.97 Å². The summed E-state index contributed by atoms with van der Waals surface area (Å²) in [5, 5.41) is 3.48. The first-order chi connectivity index (χ1) is 9.31. The molecule has 3 heteroatoms. The minimum absolute atomic E-state index is 0.632. The molecule has 1 aromatic rings. The van der Waals surface area contributed by atoms with E-state index >= 15 is 0 Å². The molecule has 2 saturated carbocycles. The number of hydrogen-bond acceptors (Lipinski definition) is 3. The van der Waals surface area contributed by atoms with Crippen LogP contribution in [0.25, 0.3) is 0 Å². The van der Waals surface area contributed by atoms with Crippen molar-refractivity contribution >= 4 is 0 Å². The van der Waals surface area contributed by atoms with Gasteiger partial charge in [-0.3, -0.25) is 0 Å². The molecule has 4 rings (SSSR count). The molecular weight excluding hydrogens is 234 g/mol. The van der Waals surface area contributed by atoms with Crippen LogP contribution in [0.3, 0.4) is 0 Å². The van der Waals surface area contributed by atoms with Gasteiger partial charge < -0.3 is 5.32 Å². The quantitative estimate of drug-likeness (QED) is 0.885. The van der Waals surface area contributed by atoms with Crippen molar-refractivity contribution in [1.82, 2.24) is 15.3 Å². The highest BCUT2D eigenvalue weighted by molar-refractivity contribution is 5.33. The normalized spacial score (nSPS) is 30.4. The van der Waals surface area contributed by atoms with Gasteiger partial charge in [-0.1, -0.05) is 6.92 Å². The summed E-state index contributed by atoms with van der Waals surface area (Å²) in [4.78, 5) is 9.96. The average molecular weight is 257 g/mol. The standard InChI is InChI=1S/C16H23N3/c1-10-2-3-12(8-10)16-18-14-6-7-17-9-13(14)15(19-16)11-4-5-11/h10-12,17H,2-9H2,1H3. The van der Waals surface area contributed by atoms with E-state index in [1.54, 1.807) is 0 Å². The lowest BCUT2D eigenvalue weighted by Gasteiger charge is -2.21. The Balaban J connectivity index is 1.73. The molecule has 0 aromatic carbocycles. The minimum atomic E-state index is 0.632. The van der Waals surface area contributed by atoms with E-state index in [0.29, 0.717) is 5.92 Å². The molecule has 0 bridgehead atoms. The summed E-state index contributed by atoms with van der Waals surface area (Å²) in [5.41, 5.74) is 4.18.